The Morgan fingerprint density at radius 3 is 3.08 bits per heavy atom. The standard InChI is InChI=1S/C10H17N3/c1-3-9-8-6-7(11)4-5-10(8)13(2)12-9/h7H,3-6,11H2,1-2H3. The summed E-state index contributed by atoms with van der Waals surface area (Å²) in [6.45, 7) is 2.16. The molecule has 2 N–H and O–H groups in total. The van der Waals surface area contributed by atoms with Crippen molar-refractivity contribution in [1.29, 1.82) is 0 Å². The summed E-state index contributed by atoms with van der Waals surface area (Å²) in [5.41, 5.74) is 10.0. The van der Waals surface area contributed by atoms with E-state index >= 15 is 0 Å². The molecule has 1 aromatic rings. The maximum atomic E-state index is 5.95. The van der Waals surface area contributed by atoms with Crippen molar-refractivity contribution in [2.24, 2.45) is 12.8 Å². The zero-order chi connectivity index (χ0) is 9.42. The average Bonchev–Trinajstić information content (AvgIpc) is 2.42. The van der Waals surface area contributed by atoms with E-state index in [2.05, 4.69) is 12.0 Å². The molecule has 0 saturated carbocycles. The van der Waals surface area contributed by atoms with Gasteiger partial charge in [-0.2, -0.15) is 5.10 Å². The van der Waals surface area contributed by atoms with Crippen LogP contribution in [0, 0.1) is 0 Å². The molecule has 0 amide bonds. The molecule has 1 unspecified atom stereocenters. The lowest BCUT2D eigenvalue weighted by Gasteiger charge is -2.19. The lowest BCUT2D eigenvalue weighted by atomic mass is 9.91. The van der Waals surface area contributed by atoms with E-state index in [9.17, 15) is 0 Å². The molecule has 1 aliphatic carbocycles. The summed E-state index contributed by atoms with van der Waals surface area (Å²) in [6.07, 6.45) is 4.25. The Morgan fingerprint density at radius 1 is 1.62 bits per heavy atom. The normalized spacial score (nSPS) is 21.6. The predicted octanol–water partition coefficient (Wildman–Crippen LogP) is 0.799. The quantitative estimate of drug-likeness (QED) is 0.693. The molecule has 0 aromatic carbocycles. The van der Waals surface area contributed by atoms with Gasteiger partial charge in [0.15, 0.2) is 0 Å². The third kappa shape index (κ3) is 1.37. The smallest absolute Gasteiger partial charge is 0.0657 e. The maximum Gasteiger partial charge on any atom is 0.0657 e. The molecular formula is C10H17N3. The molecule has 0 saturated heterocycles. The van der Waals surface area contributed by atoms with E-state index in [-0.39, 0.29) is 0 Å². The largest absolute Gasteiger partial charge is 0.327 e. The molecule has 1 heterocycles. The Hall–Kier alpha value is -0.830. The number of fused-ring (bicyclic) bond motifs is 1. The minimum Gasteiger partial charge on any atom is -0.327 e. The van der Waals surface area contributed by atoms with Crippen LogP contribution in [0.25, 0.3) is 0 Å². The van der Waals surface area contributed by atoms with Gasteiger partial charge in [-0.15, -0.1) is 0 Å². The second-order valence-electron chi connectivity index (χ2n) is 3.85. The first kappa shape index (κ1) is 8.75. The fraction of sp³-hybridized carbons (Fsp3) is 0.700. The zero-order valence-electron chi connectivity index (χ0n) is 8.38. The molecular weight excluding hydrogens is 162 g/mol. The lowest BCUT2D eigenvalue weighted by Crippen LogP contribution is -2.28. The molecule has 1 aliphatic rings. The van der Waals surface area contributed by atoms with Gasteiger partial charge < -0.3 is 5.73 Å². The van der Waals surface area contributed by atoms with Crippen LogP contribution in [0.3, 0.4) is 0 Å². The molecule has 0 spiro atoms. The third-order valence-electron chi connectivity index (χ3n) is 2.91. The second kappa shape index (κ2) is 3.14. The van der Waals surface area contributed by atoms with Gasteiger partial charge >= 0.3 is 0 Å². The summed E-state index contributed by atoms with van der Waals surface area (Å²) in [5.74, 6) is 0. The lowest BCUT2D eigenvalue weighted by molar-refractivity contribution is 0.552. The van der Waals surface area contributed by atoms with Crippen LogP contribution in [-0.2, 0) is 26.3 Å². The highest BCUT2D eigenvalue weighted by molar-refractivity contribution is 5.29. The summed E-state index contributed by atoms with van der Waals surface area (Å²) in [4.78, 5) is 0. The highest BCUT2D eigenvalue weighted by Gasteiger charge is 2.22. The maximum absolute atomic E-state index is 5.95. The Kier molecular flexibility index (Phi) is 2.12. The highest BCUT2D eigenvalue weighted by Crippen LogP contribution is 2.23. The number of nitrogens with two attached hydrogens (primary N) is 1. The topological polar surface area (TPSA) is 43.8 Å². The van der Waals surface area contributed by atoms with Crippen molar-refractivity contribution >= 4 is 0 Å². The van der Waals surface area contributed by atoms with Gasteiger partial charge in [-0.25, -0.2) is 0 Å². The number of aryl methyl sites for hydroxylation is 2. The molecule has 72 valence electrons. The van der Waals surface area contributed by atoms with Gasteiger partial charge in [0.1, 0.15) is 0 Å². The van der Waals surface area contributed by atoms with E-state index in [4.69, 9.17) is 5.73 Å². The van der Waals surface area contributed by atoms with Crippen LogP contribution in [0.2, 0.25) is 0 Å². The number of aromatic nitrogens is 2. The average molecular weight is 179 g/mol. The molecule has 3 nitrogen and oxygen atoms in total. The van der Waals surface area contributed by atoms with Crippen molar-refractivity contribution in [2.75, 3.05) is 0 Å². The molecule has 0 bridgehead atoms. The van der Waals surface area contributed by atoms with E-state index < -0.39 is 0 Å². The van der Waals surface area contributed by atoms with Crippen molar-refractivity contribution in [3.05, 3.63) is 17.0 Å². The minimum atomic E-state index is 0.349. The van der Waals surface area contributed by atoms with Crippen molar-refractivity contribution in [3.8, 4) is 0 Å². The Bertz CT molecular complexity index is 314. The van der Waals surface area contributed by atoms with Crippen LogP contribution in [0.5, 0.6) is 0 Å². The van der Waals surface area contributed by atoms with Gasteiger partial charge in [0.2, 0.25) is 0 Å². The Morgan fingerprint density at radius 2 is 2.38 bits per heavy atom. The summed E-state index contributed by atoms with van der Waals surface area (Å²) >= 11 is 0. The first-order valence-electron chi connectivity index (χ1n) is 5.01. The number of nitrogens with zero attached hydrogens (tertiary/aromatic N) is 2. The molecule has 0 radical (unpaired) electrons. The molecule has 1 aromatic heterocycles. The molecule has 1 atom stereocenters. The number of rotatable bonds is 1. The van der Waals surface area contributed by atoms with Gasteiger partial charge in [-0.3, -0.25) is 4.68 Å². The van der Waals surface area contributed by atoms with Crippen molar-refractivity contribution in [3.63, 3.8) is 0 Å². The van der Waals surface area contributed by atoms with Gasteiger partial charge in [0.05, 0.1) is 5.69 Å². The minimum absolute atomic E-state index is 0.349. The summed E-state index contributed by atoms with van der Waals surface area (Å²) in [7, 11) is 2.04. The van der Waals surface area contributed by atoms with Crippen LogP contribution >= 0.6 is 0 Å². The van der Waals surface area contributed by atoms with E-state index in [0.29, 0.717) is 6.04 Å². The third-order valence-corrected chi connectivity index (χ3v) is 2.91. The molecule has 13 heavy (non-hydrogen) atoms. The summed E-state index contributed by atoms with van der Waals surface area (Å²) in [6, 6.07) is 0.349. The van der Waals surface area contributed by atoms with E-state index in [0.717, 1.165) is 25.7 Å². The molecule has 2 rings (SSSR count). The van der Waals surface area contributed by atoms with Crippen molar-refractivity contribution < 1.29 is 0 Å². The van der Waals surface area contributed by atoms with Crippen molar-refractivity contribution in [2.45, 2.75) is 38.6 Å². The fourth-order valence-electron chi connectivity index (χ4n) is 2.18. The Labute approximate surface area is 78.9 Å². The highest BCUT2D eigenvalue weighted by atomic mass is 15.3. The van der Waals surface area contributed by atoms with Gasteiger partial charge in [0, 0.05) is 18.8 Å². The predicted molar refractivity (Wildman–Crippen MR) is 52.6 cm³/mol. The fourth-order valence-corrected chi connectivity index (χ4v) is 2.18. The SMILES string of the molecule is CCc1nn(C)c2c1CC(N)CC2. The van der Waals surface area contributed by atoms with E-state index in [1.54, 1.807) is 0 Å². The number of hydrogen-bond donors (Lipinski definition) is 1. The number of hydrogen-bond acceptors (Lipinski definition) is 2. The molecule has 3 heteroatoms. The van der Waals surface area contributed by atoms with E-state index in [1.165, 1.54) is 17.0 Å². The zero-order valence-corrected chi connectivity index (χ0v) is 8.38. The van der Waals surface area contributed by atoms with Crippen LogP contribution < -0.4 is 5.73 Å². The van der Waals surface area contributed by atoms with Gasteiger partial charge in [-0.1, -0.05) is 6.92 Å². The summed E-state index contributed by atoms with van der Waals surface area (Å²) in [5, 5.41) is 4.51. The second-order valence-corrected chi connectivity index (χ2v) is 3.85. The van der Waals surface area contributed by atoms with Gasteiger partial charge in [-0.05, 0) is 31.2 Å². The Balaban J connectivity index is 2.43. The molecule has 0 fully saturated rings. The van der Waals surface area contributed by atoms with Crippen LogP contribution in [-0.4, -0.2) is 15.8 Å². The van der Waals surface area contributed by atoms with Crippen LogP contribution in [0.15, 0.2) is 0 Å². The summed E-state index contributed by atoms with van der Waals surface area (Å²) < 4.78 is 2.03. The molecule has 0 aliphatic heterocycles. The van der Waals surface area contributed by atoms with Crippen LogP contribution in [0.1, 0.15) is 30.3 Å². The van der Waals surface area contributed by atoms with Gasteiger partial charge in [0.25, 0.3) is 0 Å². The first-order chi connectivity index (χ1) is 6.22. The van der Waals surface area contributed by atoms with Crippen molar-refractivity contribution in [1.82, 2.24) is 9.78 Å². The first-order valence-corrected chi connectivity index (χ1v) is 5.01. The van der Waals surface area contributed by atoms with E-state index in [1.807, 2.05) is 11.7 Å². The van der Waals surface area contributed by atoms with Crippen LogP contribution in [0.4, 0.5) is 0 Å². The monoisotopic (exact) mass is 179 g/mol.